The Hall–Kier alpha value is -1.39. The monoisotopic (exact) mass is 270 g/mol. The maximum atomic E-state index is 10.2. The summed E-state index contributed by atoms with van der Waals surface area (Å²) in [5.41, 5.74) is 15.3. The van der Waals surface area contributed by atoms with E-state index in [1.54, 1.807) is 0 Å². The van der Waals surface area contributed by atoms with Crippen LogP contribution in [-0.4, -0.2) is 48.8 Å². The maximum absolute atomic E-state index is 10.2. The minimum absolute atomic E-state index is 0.0129. The molecule has 0 saturated heterocycles. The van der Waals surface area contributed by atoms with E-state index >= 15 is 0 Å². The Labute approximate surface area is 99.4 Å². The highest BCUT2D eigenvalue weighted by molar-refractivity contribution is 7.85. The fourth-order valence-corrected chi connectivity index (χ4v) is 0.643. The summed E-state index contributed by atoms with van der Waals surface area (Å²) in [7, 11) is -3.67. The van der Waals surface area contributed by atoms with E-state index in [2.05, 4.69) is 4.99 Å². The molecule has 0 fully saturated rings. The van der Waals surface area contributed by atoms with Crippen molar-refractivity contribution >= 4 is 22.0 Å². The van der Waals surface area contributed by atoms with E-state index in [1.165, 1.54) is 0 Å². The summed E-state index contributed by atoms with van der Waals surface area (Å²) in [5, 5.41) is 8.38. The molecule has 0 heterocycles. The molecule has 0 rings (SSSR count). The molecule has 9 nitrogen and oxygen atoms in total. The molecule has 17 heavy (non-hydrogen) atoms. The first-order valence-corrected chi connectivity index (χ1v) is 6.35. The molecule has 0 radical (unpaired) electrons. The second kappa shape index (κ2) is 8.73. The molecular weight excluding hydrogens is 252 g/mol. The molecule has 0 aromatic carbocycles. The molecule has 0 aliphatic rings. The average molecular weight is 270 g/mol. The van der Waals surface area contributed by atoms with E-state index in [0.29, 0.717) is 25.6 Å². The van der Waals surface area contributed by atoms with Crippen molar-refractivity contribution in [2.24, 2.45) is 22.2 Å². The van der Waals surface area contributed by atoms with Crippen LogP contribution in [0.2, 0.25) is 0 Å². The van der Waals surface area contributed by atoms with Gasteiger partial charge in [0, 0.05) is 6.54 Å². The van der Waals surface area contributed by atoms with E-state index in [0.717, 1.165) is 0 Å². The zero-order valence-electron chi connectivity index (χ0n) is 9.41. The van der Waals surface area contributed by atoms with Crippen molar-refractivity contribution in [3.8, 4) is 0 Å². The van der Waals surface area contributed by atoms with Gasteiger partial charge in [-0.25, -0.2) is 0 Å². The van der Waals surface area contributed by atoms with E-state index in [4.69, 9.17) is 26.9 Å². The van der Waals surface area contributed by atoms with Crippen LogP contribution in [0.4, 0.5) is 0 Å². The molecule has 0 bridgehead atoms. The van der Waals surface area contributed by atoms with Gasteiger partial charge in [-0.15, -0.1) is 0 Å². The summed E-state index contributed by atoms with van der Waals surface area (Å²) < 4.78 is 25.9. The Balaban J connectivity index is 0. The topological polar surface area (TPSA) is 182 Å². The zero-order valence-corrected chi connectivity index (χ0v) is 10.2. The lowest BCUT2D eigenvalue weighted by atomic mass is 10.2. The first kappa shape index (κ1) is 18.0. The third-order valence-electron chi connectivity index (χ3n) is 1.28. The Morgan fingerprint density at radius 3 is 2.12 bits per heavy atom. The second-order valence-corrected chi connectivity index (χ2v) is 4.59. The predicted molar refractivity (Wildman–Crippen MR) is 63.0 cm³/mol. The lowest BCUT2D eigenvalue weighted by Gasteiger charge is -2.03. The van der Waals surface area contributed by atoms with Gasteiger partial charge in [0.05, 0.1) is 6.26 Å². The summed E-state index contributed by atoms with van der Waals surface area (Å²) >= 11 is 0. The Morgan fingerprint density at radius 2 is 1.82 bits per heavy atom. The van der Waals surface area contributed by atoms with Crippen molar-refractivity contribution in [1.29, 1.82) is 0 Å². The van der Waals surface area contributed by atoms with Gasteiger partial charge in [-0.3, -0.25) is 14.3 Å². The van der Waals surface area contributed by atoms with Crippen LogP contribution in [-0.2, 0) is 14.9 Å². The second-order valence-electron chi connectivity index (χ2n) is 3.13. The molecular formula is C7H18N4O5S. The largest absolute Gasteiger partial charge is 0.480 e. The van der Waals surface area contributed by atoms with Gasteiger partial charge in [-0.1, -0.05) is 0 Å². The van der Waals surface area contributed by atoms with Crippen molar-refractivity contribution in [3.63, 3.8) is 0 Å². The van der Waals surface area contributed by atoms with Gasteiger partial charge >= 0.3 is 5.97 Å². The number of hydrogen-bond acceptors (Lipinski definition) is 5. The SMILES string of the molecule is CS(=O)(=O)O.NC(N)=NCCCC(N)C(=O)O. The molecule has 0 aromatic heterocycles. The Kier molecular flexibility index (Phi) is 9.23. The van der Waals surface area contributed by atoms with Crippen LogP contribution in [0.5, 0.6) is 0 Å². The van der Waals surface area contributed by atoms with Gasteiger partial charge in [-0.2, -0.15) is 8.42 Å². The number of guanidine groups is 1. The minimum Gasteiger partial charge on any atom is -0.480 e. The van der Waals surface area contributed by atoms with Crippen LogP contribution in [0.15, 0.2) is 4.99 Å². The highest BCUT2D eigenvalue weighted by atomic mass is 32.2. The van der Waals surface area contributed by atoms with Crippen LogP contribution in [0, 0.1) is 0 Å². The van der Waals surface area contributed by atoms with Gasteiger partial charge in [0.1, 0.15) is 6.04 Å². The molecule has 0 aliphatic heterocycles. The Bertz CT molecular complexity index is 341. The number of carboxylic acids is 1. The number of nitrogens with zero attached hydrogens (tertiary/aromatic N) is 1. The van der Waals surface area contributed by atoms with E-state index in [9.17, 15) is 13.2 Å². The number of hydrogen-bond donors (Lipinski definition) is 5. The first-order valence-electron chi connectivity index (χ1n) is 4.50. The van der Waals surface area contributed by atoms with Gasteiger partial charge in [0.2, 0.25) is 0 Å². The fraction of sp³-hybridized carbons (Fsp3) is 0.714. The third-order valence-corrected chi connectivity index (χ3v) is 1.28. The standard InChI is InChI=1S/C6H14N4O2.CH4O3S/c7-4(5(11)12)2-1-3-10-6(8)9;1-5(2,3)4/h4H,1-3,7H2,(H,11,12)(H4,8,9,10);1H3,(H,2,3,4). The number of aliphatic imine (C=N–C) groups is 1. The van der Waals surface area contributed by atoms with Gasteiger partial charge < -0.3 is 22.3 Å². The lowest BCUT2D eigenvalue weighted by molar-refractivity contribution is -0.138. The molecule has 0 spiro atoms. The van der Waals surface area contributed by atoms with Gasteiger partial charge in [-0.05, 0) is 12.8 Å². The smallest absolute Gasteiger partial charge is 0.320 e. The molecule has 10 heteroatoms. The predicted octanol–water partition coefficient (Wildman–Crippen LogP) is -2.04. The van der Waals surface area contributed by atoms with Crippen molar-refractivity contribution in [1.82, 2.24) is 0 Å². The number of aliphatic carboxylic acids is 1. The quantitative estimate of drug-likeness (QED) is 0.164. The van der Waals surface area contributed by atoms with Crippen molar-refractivity contribution < 1.29 is 22.9 Å². The molecule has 0 amide bonds. The molecule has 1 unspecified atom stereocenters. The van der Waals surface area contributed by atoms with E-state index < -0.39 is 22.1 Å². The number of carbonyl (C=O) groups is 1. The average Bonchev–Trinajstić information content (AvgIpc) is 2.08. The summed E-state index contributed by atoms with van der Waals surface area (Å²) in [6.07, 6.45) is 1.67. The molecule has 1 atom stereocenters. The van der Waals surface area contributed by atoms with Crippen LogP contribution in [0.3, 0.4) is 0 Å². The zero-order chi connectivity index (χ0) is 14.1. The third kappa shape index (κ3) is 25.2. The van der Waals surface area contributed by atoms with Crippen LogP contribution in [0.1, 0.15) is 12.8 Å². The normalized spacial score (nSPS) is 11.9. The van der Waals surface area contributed by atoms with E-state index in [-0.39, 0.29) is 5.96 Å². The molecule has 0 aliphatic carbocycles. The minimum atomic E-state index is -3.67. The maximum Gasteiger partial charge on any atom is 0.320 e. The van der Waals surface area contributed by atoms with Crippen LogP contribution in [0.25, 0.3) is 0 Å². The van der Waals surface area contributed by atoms with Crippen molar-refractivity contribution in [2.45, 2.75) is 18.9 Å². The van der Waals surface area contributed by atoms with Crippen LogP contribution < -0.4 is 17.2 Å². The molecule has 8 N–H and O–H groups in total. The van der Waals surface area contributed by atoms with Crippen molar-refractivity contribution in [3.05, 3.63) is 0 Å². The highest BCUT2D eigenvalue weighted by Gasteiger charge is 2.09. The first-order chi connectivity index (χ1) is 7.54. The van der Waals surface area contributed by atoms with Gasteiger partial charge in [0.15, 0.2) is 5.96 Å². The summed E-state index contributed by atoms with van der Waals surface area (Å²) in [4.78, 5) is 13.9. The van der Waals surface area contributed by atoms with Gasteiger partial charge in [0.25, 0.3) is 10.1 Å². The van der Waals surface area contributed by atoms with Crippen LogP contribution >= 0.6 is 0 Å². The number of rotatable bonds is 5. The summed E-state index contributed by atoms with van der Waals surface area (Å²) in [6.45, 7) is 0.420. The highest BCUT2D eigenvalue weighted by Crippen LogP contribution is 1.94. The Morgan fingerprint density at radius 1 is 1.41 bits per heavy atom. The van der Waals surface area contributed by atoms with E-state index in [1.807, 2.05) is 0 Å². The molecule has 102 valence electrons. The summed E-state index contributed by atoms with van der Waals surface area (Å²) in [6, 6.07) is -0.820. The number of carboxylic acid groups (broad SMARTS) is 1. The number of nitrogens with two attached hydrogens (primary N) is 3. The summed E-state index contributed by atoms with van der Waals surface area (Å²) in [5.74, 6) is -0.987. The molecule has 0 aromatic rings. The lowest BCUT2D eigenvalue weighted by Crippen LogP contribution is -2.30. The fourth-order valence-electron chi connectivity index (χ4n) is 0.643. The molecule has 0 saturated carbocycles. The van der Waals surface area contributed by atoms with Crippen molar-refractivity contribution in [2.75, 3.05) is 12.8 Å².